The van der Waals surface area contributed by atoms with Gasteiger partial charge in [-0.25, -0.2) is 4.99 Å². The molecule has 1 aromatic carbocycles. The predicted molar refractivity (Wildman–Crippen MR) is 113 cm³/mol. The van der Waals surface area contributed by atoms with E-state index in [0.29, 0.717) is 6.54 Å². The standard InChI is InChI=1S/C20H30N6S/c1-15(17-9-6-5-7-10-17)23-19(22-14-20(3)11-8-12-27-20)21-13-18-25-24-16(2)26(18)4/h5-7,9-10,15H,8,11-14H2,1-4H3,(H2,21,22,23). The van der Waals surface area contributed by atoms with E-state index in [0.717, 1.165) is 24.2 Å². The summed E-state index contributed by atoms with van der Waals surface area (Å²) in [6, 6.07) is 10.6. The average molecular weight is 387 g/mol. The van der Waals surface area contributed by atoms with Crippen LogP contribution < -0.4 is 10.6 Å². The Hall–Kier alpha value is -2.02. The van der Waals surface area contributed by atoms with Crippen molar-refractivity contribution in [1.82, 2.24) is 25.4 Å². The van der Waals surface area contributed by atoms with E-state index in [1.165, 1.54) is 24.2 Å². The molecular formula is C20H30N6S. The van der Waals surface area contributed by atoms with Crippen molar-refractivity contribution in [2.24, 2.45) is 12.0 Å². The molecule has 2 N–H and O–H groups in total. The van der Waals surface area contributed by atoms with Gasteiger partial charge in [-0.3, -0.25) is 0 Å². The van der Waals surface area contributed by atoms with Gasteiger partial charge in [-0.2, -0.15) is 11.8 Å². The first-order valence-corrected chi connectivity index (χ1v) is 10.5. The van der Waals surface area contributed by atoms with Crippen LogP contribution in [0.25, 0.3) is 0 Å². The van der Waals surface area contributed by atoms with E-state index in [2.05, 4.69) is 70.7 Å². The minimum absolute atomic E-state index is 0.169. The number of aryl methyl sites for hydroxylation is 1. The van der Waals surface area contributed by atoms with Gasteiger partial charge in [-0.15, -0.1) is 10.2 Å². The van der Waals surface area contributed by atoms with Crippen LogP contribution in [0.4, 0.5) is 0 Å². The number of nitrogens with one attached hydrogen (secondary N) is 2. The largest absolute Gasteiger partial charge is 0.355 e. The molecule has 0 aliphatic carbocycles. The van der Waals surface area contributed by atoms with E-state index < -0.39 is 0 Å². The van der Waals surface area contributed by atoms with Gasteiger partial charge >= 0.3 is 0 Å². The highest BCUT2D eigenvalue weighted by Crippen LogP contribution is 2.36. The Balaban J connectivity index is 1.71. The molecule has 1 saturated heterocycles. The molecule has 0 radical (unpaired) electrons. The molecule has 2 atom stereocenters. The summed E-state index contributed by atoms with van der Waals surface area (Å²) in [5, 5.41) is 15.4. The summed E-state index contributed by atoms with van der Waals surface area (Å²) in [5.41, 5.74) is 1.24. The zero-order valence-electron chi connectivity index (χ0n) is 16.7. The molecule has 2 unspecified atom stereocenters. The minimum Gasteiger partial charge on any atom is -0.355 e. The highest BCUT2D eigenvalue weighted by Gasteiger charge is 2.29. The fourth-order valence-corrected chi connectivity index (χ4v) is 4.41. The van der Waals surface area contributed by atoms with Gasteiger partial charge in [0.05, 0.1) is 6.04 Å². The highest BCUT2D eigenvalue weighted by atomic mass is 32.2. The van der Waals surface area contributed by atoms with Gasteiger partial charge in [0.15, 0.2) is 11.8 Å². The molecule has 1 fully saturated rings. The fraction of sp³-hybridized carbons (Fsp3) is 0.550. The summed E-state index contributed by atoms with van der Waals surface area (Å²) in [4.78, 5) is 4.79. The molecule has 2 heterocycles. The number of rotatable bonds is 6. The SMILES string of the molecule is Cc1nnc(CN=C(NCC2(C)CCCS2)NC(C)c2ccccc2)n1C. The number of hydrogen-bond donors (Lipinski definition) is 2. The zero-order valence-corrected chi connectivity index (χ0v) is 17.5. The maximum Gasteiger partial charge on any atom is 0.192 e. The number of nitrogens with zero attached hydrogens (tertiary/aromatic N) is 4. The predicted octanol–water partition coefficient (Wildman–Crippen LogP) is 3.21. The maximum atomic E-state index is 4.79. The monoisotopic (exact) mass is 386 g/mol. The lowest BCUT2D eigenvalue weighted by Crippen LogP contribution is -2.44. The average Bonchev–Trinajstić information content (AvgIpc) is 3.25. The fourth-order valence-electron chi connectivity index (χ4n) is 3.17. The van der Waals surface area contributed by atoms with Crippen LogP contribution in [-0.4, -0.2) is 37.8 Å². The Labute approximate surface area is 166 Å². The number of guanidine groups is 1. The van der Waals surface area contributed by atoms with Gasteiger partial charge in [0, 0.05) is 18.3 Å². The lowest BCUT2D eigenvalue weighted by atomic mass is 10.1. The van der Waals surface area contributed by atoms with Crippen molar-refractivity contribution in [3.05, 3.63) is 47.5 Å². The lowest BCUT2D eigenvalue weighted by Gasteiger charge is -2.26. The number of aromatic nitrogens is 3. The Morgan fingerprint density at radius 1 is 1.33 bits per heavy atom. The second kappa shape index (κ2) is 8.78. The van der Waals surface area contributed by atoms with E-state index in [9.17, 15) is 0 Å². The van der Waals surface area contributed by atoms with Gasteiger partial charge in [0.25, 0.3) is 0 Å². The van der Waals surface area contributed by atoms with Gasteiger partial charge in [-0.05, 0) is 44.9 Å². The number of hydrogen-bond acceptors (Lipinski definition) is 4. The van der Waals surface area contributed by atoms with Crippen molar-refractivity contribution in [2.45, 2.75) is 50.9 Å². The summed E-state index contributed by atoms with van der Waals surface area (Å²) >= 11 is 2.05. The molecule has 0 spiro atoms. The van der Waals surface area contributed by atoms with Crippen molar-refractivity contribution in [3.63, 3.8) is 0 Å². The second-order valence-corrected chi connectivity index (χ2v) is 9.10. The van der Waals surface area contributed by atoms with Gasteiger partial charge in [0.2, 0.25) is 0 Å². The van der Waals surface area contributed by atoms with Crippen LogP contribution in [0.3, 0.4) is 0 Å². The number of aliphatic imine (C=N–C) groups is 1. The molecule has 0 amide bonds. The molecule has 3 rings (SSSR count). The van der Waals surface area contributed by atoms with Crippen LogP contribution in [-0.2, 0) is 13.6 Å². The van der Waals surface area contributed by atoms with Crippen molar-refractivity contribution < 1.29 is 0 Å². The topological polar surface area (TPSA) is 67.1 Å². The second-order valence-electron chi connectivity index (χ2n) is 7.42. The molecule has 1 aliphatic rings. The zero-order chi connectivity index (χ0) is 19.3. The van der Waals surface area contributed by atoms with Crippen molar-refractivity contribution in [1.29, 1.82) is 0 Å². The first-order valence-electron chi connectivity index (χ1n) is 9.55. The molecule has 7 heteroatoms. The van der Waals surface area contributed by atoms with Gasteiger partial charge in [-0.1, -0.05) is 30.3 Å². The molecule has 2 aromatic rings. The van der Waals surface area contributed by atoms with Crippen LogP contribution in [0.15, 0.2) is 35.3 Å². The van der Waals surface area contributed by atoms with E-state index >= 15 is 0 Å². The number of thioether (sulfide) groups is 1. The molecule has 0 saturated carbocycles. The molecular weight excluding hydrogens is 356 g/mol. The smallest absolute Gasteiger partial charge is 0.192 e. The third-order valence-corrected chi connectivity index (χ3v) is 6.68. The van der Waals surface area contributed by atoms with Gasteiger partial charge < -0.3 is 15.2 Å². The van der Waals surface area contributed by atoms with Crippen LogP contribution in [0.1, 0.15) is 49.9 Å². The van der Waals surface area contributed by atoms with Crippen LogP contribution in [0.5, 0.6) is 0 Å². The molecule has 27 heavy (non-hydrogen) atoms. The van der Waals surface area contributed by atoms with Crippen LogP contribution in [0.2, 0.25) is 0 Å². The van der Waals surface area contributed by atoms with Crippen molar-refractivity contribution in [3.8, 4) is 0 Å². The summed E-state index contributed by atoms with van der Waals surface area (Å²) in [5.74, 6) is 3.83. The molecule has 1 aliphatic heterocycles. The molecule has 6 nitrogen and oxygen atoms in total. The molecule has 1 aromatic heterocycles. The molecule has 146 valence electrons. The minimum atomic E-state index is 0.169. The number of benzene rings is 1. The van der Waals surface area contributed by atoms with Gasteiger partial charge in [0.1, 0.15) is 12.4 Å². The first kappa shape index (κ1) is 19.7. The van der Waals surface area contributed by atoms with E-state index in [1.54, 1.807) is 0 Å². The van der Waals surface area contributed by atoms with Crippen molar-refractivity contribution >= 4 is 17.7 Å². The third-order valence-electron chi connectivity index (χ3n) is 5.14. The normalized spacial score (nSPS) is 21.3. The molecule has 0 bridgehead atoms. The summed E-state index contributed by atoms with van der Waals surface area (Å²) in [6.07, 6.45) is 2.54. The Bertz CT molecular complexity index is 764. The Morgan fingerprint density at radius 2 is 2.11 bits per heavy atom. The van der Waals surface area contributed by atoms with E-state index in [4.69, 9.17) is 4.99 Å². The summed E-state index contributed by atoms with van der Waals surface area (Å²) in [7, 11) is 1.98. The quantitative estimate of drug-likeness (QED) is 0.589. The lowest BCUT2D eigenvalue weighted by molar-refractivity contribution is 0.576. The Morgan fingerprint density at radius 3 is 2.74 bits per heavy atom. The maximum absolute atomic E-state index is 4.79. The first-order chi connectivity index (χ1) is 13.0. The third kappa shape index (κ3) is 5.25. The highest BCUT2D eigenvalue weighted by molar-refractivity contribution is 8.00. The van der Waals surface area contributed by atoms with Crippen molar-refractivity contribution in [2.75, 3.05) is 12.3 Å². The summed E-state index contributed by atoms with van der Waals surface area (Å²) in [6.45, 7) is 7.85. The van der Waals surface area contributed by atoms with E-state index in [-0.39, 0.29) is 10.8 Å². The Kier molecular flexibility index (Phi) is 6.42. The van der Waals surface area contributed by atoms with Crippen LogP contribution in [0, 0.1) is 6.92 Å². The van der Waals surface area contributed by atoms with E-state index in [1.807, 2.05) is 24.6 Å². The summed E-state index contributed by atoms with van der Waals surface area (Å²) < 4.78 is 2.26. The van der Waals surface area contributed by atoms with Crippen LogP contribution >= 0.6 is 11.8 Å².